The second-order valence-corrected chi connectivity index (χ2v) is 7.51. The summed E-state index contributed by atoms with van der Waals surface area (Å²) in [5.41, 5.74) is 1.26. The Kier molecular flexibility index (Phi) is 12.7. The van der Waals surface area contributed by atoms with E-state index in [0.717, 1.165) is 64.4 Å². The standard InChI is InChI=1S/C22H37N5O.HI/c1-4-24-22(27-16-12-19(13-17-27)18-21(28)23-2)25-14-8-9-15-26(3)20-10-6-5-7-11-20;/h5-7,10-11,19H,4,8-9,12-18H2,1-3H3,(H,23,28)(H,24,25);1H. The molecule has 6 nitrogen and oxygen atoms in total. The van der Waals surface area contributed by atoms with E-state index in [-0.39, 0.29) is 29.9 Å². The van der Waals surface area contributed by atoms with Crippen LogP contribution in [0.25, 0.3) is 0 Å². The highest BCUT2D eigenvalue weighted by atomic mass is 127. The highest BCUT2D eigenvalue weighted by molar-refractivity contribution is 14.0. The van der Waals surface area contributed by atoms with Gasteiger partial charge in [0.05, 0.1) is 0 Å². The Hall–Kier alpha value is -1.51. The van der Waals surface area contributed by atoms with Gasteiger partial charge in [-0.05, 0) is 50.7 Å². The van der Waals surface area contributed by atoms with Crippen LogP contribution in [0.4, 0.5) is 5.69 Å². The molecular weight excluding hydrogens is 477 g/mol. The van der Waals surface area contributed by atoms with Gasteiger partial charge in [0.15, 0.2) is 5.96 Å². The Morgan fingerprint density at radius 1 is 1.21 bits per heavy atom. The van der Waals surface area contributed by atoms with Crippen molar-refractivity contribution in [2.45, 2.75) is 39.0 Å². The van der Waals surface area contributed by atoms with Gasteiger partial charge < -0.3 is 20.4 Å². The van der Waals surface area contributed by atoms with Gasteiger partial charge >= 0.3 is 0 Å². The maximum Gasteiger partial charge on any atom is 0.220 e. The van der Waals surface area contributed by atoms with E-state index in [1.807, 2.05) is 0 Å². The summed E-state index contributed by atoms with van der Waals surface area (Å²) in [6.07, 6.45) is 4.97. The van der Waals surface area contributed by atoms with Crippen molar-refractivity contribution in [3.8, 4) is 0 Å². The number of piperidine rings is 1. The van der Waals surface area contributed by atoms with E-state index < -0.39 is 0 Å². The molecule has 0 bridgehead atoms. The van der Waals surface area contributed by atoms with E-state index in [9.17, 15) is 4.79 Å². The number of nitrogens with zero attached hydrogens (tertiary/aromatic N) is 3. The highest BCUT2D eigenvalue weighted by Crippen LogP contribution is 2.20. The van der Waals surface area contributed by atoms with Gasteiger partial charge in [0.25, 0.3) is 0 Å². The van der Waals surface area contributed by atoms with Crippen LogP contribution < -0.4 is 15.5 Å². The largest absolute Gasteiger partial charge is 0.375 e. The minimum Gasteiger partial charge on any atom is -0.375 e. The van der Waals surface area contributed by atoms with Crippen LogP contribution >= 0.6 is 24.0 Å². The molecule has 1 aliphatic heterocycles. The molecule has 0 spiro atoms. The number of carbonyl (C=O) groups excluding carboxylic acids is 1. The van der Waals surface area contributed by atoms with Crippen molar-refractivity contribution in [2.24, 2.45) is 10.9 Å². The van der Waals surface area contributed by atoms with Gasteiger partial charge in [0, 0.05) is 58.9 Å². The summed E-state index contributed by atoms with van der Waals surface area (Å²) in [5, 5.41) is 6.16. The summed E-state index contributed by atoms with van der Waals surface area (Å²) in [7, 11) is 3.86. The van der Waals surface area contributed by atoms with E-state index in [2.05, 4.69) is 64.7 Å². The van der Waals surface area contributed by atoms with Gasteiger partial charge in [0.2, 0.25) is 5.91 Å². The van der Waals surface area contributed by atoms with E-state index in [1.165, 1.54) is 5.69 Å². The second-order valence-electron chi connectivity index (χ2n) is 7.51. The van der Waals surface area contributed by atoms with Crippen molar-refractivity contribution in [1.82, 2.24) is 15.5 Å². The zero-order chi connectivity index (χ0) is 20.2. The lowest BCUT2D eigenvalue weighted by molar-refractivity contribution is -0.121. The lowest BCUT2D eigenvalue weighted by atomic mass is 9.93. The van der Waals surface area contributed by atoms with Crippen molar-refractivity contribution in [2.75, 3.05) is 51.7 Å². The first-order valence-electron chi connectivity index (χ1n) is 10.6. The average molecular weight is 515 g/mol. The maximum absolute atomic E-state index is 11.6. The summed E-state index contributed by atoms with van der Waals surface area (Å²) in [4.78, 5) is 21.1. The number of para-hydroxylation sites is 1. The van der Waals surface area contributed by atoms with Crippen LogP contribution in [-0.2, 0) is 4.79 Å². The monoisotopic (exact) mass is 515 g/mol. The number of nitrogens with one attached hydrogen (secondary N) is 2. The smallest absolute Gasteiger partial charge is 0.220 e. The van der Waals surface area contributed by atoms with Gasteiger partial charge in [-0.1, -0.05) is 18.2 Å². The first kappa shape index (κ1) is 25.5. The number of benzene rings is 1. The molecule has 1 saturated heterocycles. The number of guanidine groups is 1. The maximum atomic E-state index is 11.6. The van der Waals surface area contributed by atoms with Crippen LogP contribution in [0.2, 0.25) is 0 Å². The van der Waals surface area contributed by atoms with Gasteiger partial charge in [0.1, 0.15) is 0 Å². The molecule has 0 aliphatic carbocycles. The van der Waals surface area contributed by atoms with Crippen LogP contribution in [-0.4, -0.2) is 63.6 Å². The molecule has 2 rings (SSSR count). The molecule has 1 amide bonds. The number of hydrogen-bond acceptors (Lipinski definition) is 3. The fraction of sp³-hybridized carbons (Fsp3) is 0.636. The average Bonchev–Trinajstić information content (AvgIpc) is 2.73. The third kappa shape index (κ3) is 9.23. The third-order valence-electron chi connectivity index (χ3n) is 5.36. The topological polar surface area (TPSA) is 60.0 Å². The highest BCUT2D eigenvalue weighted by Gasteiger charge is 2.22. The summed E-state index contributed by atoms with van der Waals surface area (Å²) in [6, 6.07) is 10.5. The van der Waals surface area contributed by atoms with E-state index in [4.69, 9.17) is 4.99 Å². The van der Waals surface area contributed by atoms with Crippen molar-refractivity contribution in [1.29, 1.82) is 0 Å². The fourth-order valence-corrected chi connectivity index (χ4v) is 3.60. The normalized spacial score (nSPS) is 14.9. The molecule has 0 atom stereocenters. The van der Waals surface area contributed by atoms with Gasteiger partial charge in [-0.3, -0.25) is 9.79 Å². The van der Waals surface area contributed by atoms with Crippen molar-refractivity contribution in [3.63, 3.8) is 0 Å². The number of anilines is 1. The van der Waals surface area contributed by atoms with E-state index >= 15 is 0 Å². The lowest BCUT2D eigenvalue weighted by Crippen LogP contribution is -2.46. The zero-order valence-electron chi connectivity index (χ0n) is 18.2. The summed E-state index contributed by atoms with van der Waals surface area (Å²) < 4.78 is 0. The number of carbonyl (C=O) groups is 1. The minimum absolute atomic E-state index is 0. The van der Waals surface area contributed by atoms with E-state index in [0.29, 0.717) is 12.3 Å². The number of likely N-dealkylation sites (tertiary alicyclic amines) is 1. The van der Waals surface area contributed by atoms with E-state index in [1.54, 1.807) is 7.05 Å². The molecule has 164 valence electrons. The van der Waals surface area contributed by atoms with Crippen molar-refractivity contribution in [3.05, 3.63) is 30.3 Å². The third-order valence-corrected chi connectivity index (χ3v) is 5.36. The molecular formula is C22H38IN5O. The molecule has 0 saturated carbocycles. The molecule has 1 heterocycles. The molecule has 1 aromatic carbocycles. The van der Waals surface area contributed by atoms with Crippen LogP contribution in [0.5, 0.6) is 0 Å². The Labute approximate surface area is 193 Å². The zero-order valence-corrected chi connectivity index (χ0v) is 20.5. The van der Waals surface area contributed by atoms with Crippen LogP contribution in [0.3, 0.4) is 0 Å². The Bertz CT molecular complexity index is 602. The van der Waals surface area contributed by atoms with Crippen molar-refractivity contribution >= 4 is 41.5 Å². The quantitative estimate of drug-likeness (QED) is 0.229. The Balaban J connectivity index is 0.00000420. The molecule has 1 aromatic rings. The number of aliphatic imine (C=N–C) groups is 1. The van der Waals surface area contributed by atoms with Gasteiger partial charge in [-0.25, -0.2) is 0 Å². The molecule has 29 heavy (non-hydrogen) atoms. The minimum atomic E-state index is 0. The molecule has 0 unspecified atom stereocenters. The Morgan fingerprint density at radius 3 is 2.52 bits per heavy atom. The Morgan fingerprint density at radius 2 is 1.90 bits per heavy atom. The summed E-state index contributed by atoms with van der Waals surface area (Å²) in [6.45, 7) is 6.84. The summed E-state index contributed by atoms with van der Waals surface area (Å²) in [5.74, 6) is 1.67. The SMILES string of the molecule is CCNC(=NCCCCN(C)c1ccccc1)N1CCC(CC(=O)NC)CC1.I. The van der Waals surface area contributed by atoms with Crippen LogP contribution in [0, 0.1) is 5.92 Å². The van der Waals surface area contributed by atoms with Crippen LogP contribution in [0.15, 0.2) is 35.3 Å². The fourth-order valence-electron chi connectivity index (χ4n) is 3.60. The molecule has 0 aromatic heterocycles. The van der Waals surface area contributed by atoms with Crippen molar-refractivity contribution < 1.29 is 4.79 Å². The molecule has 1 aliphatic rings. The molecule has 2 N–H and O–H groups in total. The number of rotatable bonds is 9. The molecule has 7 heteroatoms. The lowest BCUT2D eigenvalue weighted by Gasteiger charge is -2.34. The predicted molar refractivity (Wildman–Crippen MR) is 133 cm³/mol. The number of hydrogen-bond donors (Lipinski definition) is 2. The van der Waals surface area contributed by atoms with Gasteiger partial charge in [-0.2, -0.15) is 0 Å². The van der Waals surface area contributed by atoms with Crippen LogP contribution in [0.1, 0.15) is 39.0 Å². The molecule has 0 radical (unpaired) electrons. The summed E-state index contributed by atoms with van der Waals surface area (Å²) >= 11 is 0. The predicted octanol–water partition coefficient (Wildman–Crippen LogP) is 3.33. The van der Waals surface area contributed by atoms with Gasteiger partial charge in [-0.15, -0.1) is 24.0 Å². The number of amides is 1. The number of halogens is 1. The second kappa shape index (κ2) is 14.5. The molecule has 1 fully saturated rings. The first-order valence-corrected chi connectivity index (χ1v) is 10.6. The number of unbranched alkanes of at least 4 members (excludes halogenated alkanes) is 1. The first-order chi connectivity index (χ1) is 13.6.